The van der Waals surface area contributed by atoms with E-state index in [0.717, 1.165) is 0 Å². The third-order valence-electron chi connectivity index (χ3n) is 3.28. The van der Waals surface area contributed by atoms with Crippen molar-refractivity contribution in [2.45, 2.75) is 26.1 Å². The molecule has 1 aromatic carbocycles. The van der Waals surface area contributed by atoms with Crippen LogP contribution in [-0.2, 0) is 14.3 Å². The Morgan fingerprint density at radius 1 is 1.36 bits per heavy atom. The number of esters is 1. The minimum Gasteiger partial charge on any atom is -0.507 e. The number of nitrogens with zero attached hydrogens (tertiary/aromatic N) is 1. The van der Waals surface area contributed by atoms with Gasteiger partial charge in [-0.15, -0.1) is 0 Å². The van der Waals surface area contributed by atoms with Gasteiger partial charge in [-0.3, -0.25) is 4.79 Å². The summed E-state index contributed by atoms with van der Waals surface area (Å²) in [5.41, 5.74) is -0.0657. The number of phenols is 1. The highest BCUT2D eigenvalue weighted by Crippen LogP contribution is 2.22. The zero-order chi connectivity index (χ0) is 16.3. The number of morpholine rings is 1. The number of amides is 1. The van der Waals surface area contributed by atoms with Gasteiger partial charge in [0.05, 0.1) is 12.2 Å². The number of benzene rings is 1. The molecule has 2 rings (SSSR count). The quantitative estimate of drug-likeness (QED) is 0.857. The fraction of sp³-hybridized carbons (Fsp3) is 0.467. The number of carbonyl (C=O) groups is 2. The number of hydrogen-bond donors (Lipinski definition) is 1. The highest BCUT2D eigenvalue weighted by molar-refractivity contribution is 6.31. The molecule has 0 radical (unpaired) electrons. The fourth-order valence-corrected chi connectivity index (χ4v) is 2.52. The molecule has 1 heterocycles. The van der Waals surface area contributed by atoms with Gasteiger partial charge in [0.1, 0.15) is 11.3 Å². The molecule has 0 aliphatic carbocycles. The van der Waals surface area contributed by atoms with Gasteiger partial charge in [-0.2, -0.15) is 0 Å². The van der Waals surface area contributed by atoms with Crippen LogP contribution in [0, 0.1) is 0 Å². The average molecular weight is 328 g/mol. The van der Waals surface area contributed by atoms with Crippen LogP contribution in [-0.4, -0.2) is 53.8 Å². The number of carbonyl (C=O) groups excluding carboxylic acids is 2. The first-order chi connectivity index (χ1) is 10.4. The molecule has 22 heavy (non-hydrogen) atoms. The Bertz CT molecular complexity index is 567. The fourth-order valence-electron chi connectivity index (χ4n) is 2.35. The van der Waals surface area contributed by atoms with E-state index >= 15 is 0 Å². The van der Waals surface area contributed by atoms with Crippen molar-refractivity contribution in [3.05, 3.63) is 28.8 Å². The van der Waals surface area contributed by atoms with Crippen molar-refractivity contribution in [2.75, 3.05) is 19.7 Å². The van der Waals surface area contributed by atoms with E-state index < -0.39 is 5.97 Å². The van der Waals surface area contributed by atoms with Crippen molar-refractivity contribution in [1.82, 2.24) is 4.90 Å². The van der Waals surface area contributed by atoms with Crippen LogP contribution in [0.25, 0.3) is 0 Å². The maximum atomic E-state index is 12.1. The molecule has 0 aromatic heterocycles. The summed E-state index contributed by atoms with van der Waals surface area (Å²) in [7, 11) is 0. The lowest BCUT2D eigenvalue weighted by molar-refractivity contribution is -0.146. The standard InChI is InChI=1S/C15H18ClNO5/c1-9-6-17(7-10(2)22-9)14(19)8-21-15(20)12-5-11(16)3-4-13(12)18/h3-5,9-10,18H,6-8H2,1-2H3/t9-,10-/m1/s1. The van der Waals surface area contributed by atoms with Gasteiger partial charge in [-0.05, 0) is 32.0 Å². The molecule has 1 saturated heterocycles. The van der Waals surface area contributed by atoms with E-state index in [1.165, 1.54) is 18.2 Å². The molecule has 6 nitrogen and oxygen atoms in total. The summed E-state index contributed by atoms with van der Waals surface area (Å²) in [5, 5.41) is 9.92. The Labute approximate surface area is 133 Å². The molecule has 1 aliphatic rings. The minimum absolute atomic E-state index is 0.0552. The van der Waals surface area contributed by atoms with Crippen molar-refractivity contribution in [3.63, 3.8) is 0 Å². The van der Waals surface area contributed by atoms with Gasteiger partial charge in [0.25, 0.3) is 5.91 Å². The largest absolute Gasteiger partial charge is 0.507 e. The predicted octanol–water partition coefficient (Wildman–Crippen LogP) is 1.84. The normalized spacial score (nSPS) is 21.5. The van der Waals surface area contributed by atoms with Crippen molar-refractivity contribution in [1.29, 1.82) is 0 Å². The van der Waals surface area contributed by atoms with Gasteiger partial charge in [-0.1, -0.05) is 11.6 Å². The van der Waals surface area contributed by atoms with Crippen LogP contribution in [0.1, 0.15) is 24.2 Å². The topological polar surface area (TPSA) is 76.1 Å². The zero-order valence-electron chi connectivity index (χ0n) is 12.4. The van der Waals surface area contributed by atoms with Crippen LogP contribution in [0.3, 0.4) is 0 Å². The maximum Gasteiger partial charge on any atom is 0.342 e. The molecule has 1 aliphatic heterocycles. The minimum atomic E-state index is -0.789. The second kappa shape index (κ2) is 6.98. The summed E-state index contributed by atoms with van der Waals surface area (Å²) in [6.45, 7) is 4.30. The van der Waals surface area contributed by atoms with Crippen LogP contribution in [0.2, 0.25) is 5.02 Å². The zero-order valence-corrected chi connectivity index (χ0v) is 13.2. The number of ether oxygens (including phenoxy) is 2. The number of rotatable bonds is 3. The molecule has 0 spiro atoms. The first-order valence-corrected chi connectivity index (χ1v) is 7.33. The molecular formula is C15H18ClNO5. The lowest BCUT2D eigenvalue weighted by atomic mass is 10.2. The van der Waals surface area contributed by atoms with Crippen LogP contribution in [0.4, 0.5) is 0 Å². The summed E-state index contributed by atoms with van der Waals surface area (Å²) < 4.78 is 10.5. The highest BCUT2D eigenvalue weighted by atomic mass is 35.5. The van der Waals surface area contributed by atoms with Crippen molar-refractivity contribution in [3.8, 4) is 5.75 Å². The molecule has 120 valence electrons. The van der Waals surface area contributed by atoms with Gasteiger partial charge in [0.15, 0.2) is 6.61 Å². The van der Waals surface area contributed by atoms with Gasteiger partial charge in [-0.25, -0.2) is 4.79 Å². The van der Waals surface area contributed by atoms with Gasteiger partial charge in [0, 0.05) is 18.1 Å². The van der Waals surface area contributed by atoms with E-state index in [1.807, 2.05) is 13.8 Å². The first kappa shape index (κ1) is 16.6. The lowest BCUT2D eigenvalue weighted by Crippen LogP contribution is -2.49. The van der Waals surface area contributed by atoms with Gasteiger partial charge >= 0.3 is 5.97 Å². The van der Waals surface area contributed by atoms with Crippen molar-refractivity contribution in [2.24, 2.45) is 0 Å². The Kier molecular flexibility index (Phi) is 5.26. The number of phenolic OH excluding ortho intramolecular Hbond substituents is 1. The van der Waals surface area contributed by atoms with Crippen LogP contribution >= 0.6 is 11.6 Å². The van der Waals surface area contributed by atoms with Crippen LogP contribution in [0.15, 0.2) is 18.2 Å². The molecule has 1 aromatic rings. The maximum absolute atomic E-state index is 12.1. The summed E-state index contributed by atoms with van der Waals surface area (Å²) >= 11 is 5.77. The smallest absolute Gasteiger partial charge is 0.342 e. The van der Waals surface area contributed by atoms with Crippen molar-refractivity contribution < 1.29 is 24.2 Å². The summed E-state index contributed by atoms with van der Waals surface area (Å²) in [6.07, 6.45) is -0.110. The van der Waals surface area contributed by atoms with E-state index in [9.17, 15) is 14.7 Å². The van der Waals surface area contributed by atoms with E-state index in [2.05, 4.69) is 0 Å². The highest BCUT2D eigenvalue weighted by Gasteiger charge is 2.26. The van der Waals surface area contributed by atoms with E-state index in [4.69, 9.17) is 21.1 Å². The van der Waals surface area contributed by atoms with Gasteiger partial charge in [0.2, 0.25) is 0 Å². The summed E-state index contributed by atoms with van der Waals surface area (Å²) in [6, 6.07) is 4.05. The summed E-state index contributed by atoms with van der Waals surface area (Å²) in [4.78, 5) is 25.6. The van der Waals surface area contributed by atoms with Crippen molar-refractivity contribution >= 4 is 23.5 Å². The molecule has 2 atom stereocenters. The Morgan fingerprint density at radius 2 is 2.00 bits per heavy atom. The molecular weight excluding hydrogens is 310 g/mol. The predicted molar refractivity (Wildman–Crippen MR) is 80.0 cm³/mol. The van der Waals surface area contributed by atoms with Crippen LogP contribution < -0.4 is 0 Å². The average Bonchev–Trinajstić information content (AvgIpc) is 2.45. The SMILES string of the molecule is C[C@@H]1CN(C(=O)COC(=O)c2cc(Cl)ccc2O)C[C@@H](C)O1. The summed E-state index contributed by atoms with van der Waals surface area (Å²) in [5.74, 6) is -1.32. The number of halogens is 1. The monoisotopic (exact) mass is 327 g/mol. The molecule has 1 amide bonds. The second-order valence-electron chi connectivity index (χ2n) is 5.29. The van der Waals surface area contributed by atoms with Gasteiger partial charge < -0.3 is 19.5 Å². The molecule has 0 unspecified atom stereocenters. The van der Waals surface area contributed by atoms with E-state index in [0.29, 0.717) is 18.1 Å². The number of hydrogen-bond acceptors (Lipinski definition) is 5. The number of aromatic hydroxyl groups is 1. The molecule has 1 N–H and O–H groups in total. The van der Waals surface area contributed by atoms with E-state index in [-0.39, 0.29) is 36.0 Å². The first-order valence-electron chi connectivity index (χ1n) is 6.95. The molecule has 7 heteroatoms. The Balaban J connectivity index is 1.93. The van der Waals surface area contributed by atoms with E-state index in [1.54, 1.807) is 4.90 Å². The third kappa shape index (κ3) is 4.11. The third-order valence-corrected chi connectivity index (χ3v) is 3.51. The van der Waals surface area contributed by atoms with Crippen LogP contribution in [0.5, 0.6) is 5.75 Å². The molecule has 0 saturated carbocycles. The lowest BCUT2D eigenvalue weighted by Gasteiger charge is -2.35. The second-order valence-corrected chi connectivity index (χ2v) is 5.73. The Hall–Kier alpha value is -1.79. The Morgan fingerprint density at radius 3 is 2.64 bits per heavy atom. The molecule has 1 fully saturated rings. The molecule has 0 bridgehead atoms.